The van der Waals surface area contributed by atoms with Crippen LogP contribution in [-0.2, 0) is 4.79 Å². The normalized spacial score (nSPS) is 18.8. The van der Waals surface area contributed by atoms with Crippen LogP contribution in [0.25, 0.3) is 11.4 Å². The molecule has 5 rings (SSSR count). The Morgan fingerprint density at radius 1 is 1.14 bits per heavy atom. The molecule has 2 aliphatic rings. The molecule has 1 aromatic carbocycles. The van der Waals surface area contributed by atoms with E-state index in [0.29, 0.717) is 35.4 Å². The third-order valence-corrected chi connectivity index (χ3v) is 6.18. The van der Waals surface area contributed by atoms with Crippen molar-refractivity contribution in [2.24, 2.45) is 0 Å². The molecule has 1 aliphatic carbocycles. The molecule has 148 valence electrons. The van der Waals surface area contributed by atoms with Gasteiger partial charge in [-0.2, -0.15) is 0 Å². The van der Waals surface area contributed by atoms with Crippen molar-refractivity contribution in [3.63, 3.8) is 0 Å². The second-order valence-electron chi connectivity index (χ2n) is 7.38. The van der Waals surface area contributed by atoms with Crippen molar-refractivity contribution in [3.05, 3.63) is 46.7 Å². The highest BCUT2D eigenvalue weighted by Crippen LogP contribution is 2.36. The van der Waals surface area contributed by atoms with Gasteiger partial charge in [-0.05, 0) is 59.7 Å². The molecule has 1 N–H and O–H groups in total. The van der Waals surface area contributed by atoms with Crippen LogP contribution in [0.1, 0.15) is 41.4 Å². The average molecular weight is 408 g/mol. The molecule has 1 atom stereocenters. The van der Waals surface area contributed by atoms with Crippen LogP contribution in [0.5, 0.6) is 0 Å². The molecule has 1 saturated heterocycles. The first-order chi connectivity index (χ1) is 14.2. The van der Waals surface area contributed by atoms with Gasteiger partial charge in [-0.25, -0.2) is 4.68 Å². The van der Waals surface area contributed by atoms with Crippen LogP contribution in [0.15, 0.2) is 41.8 Å². The number of thiophene rings is 1. The molecule has 1 unspecified atom stereocenters. The van der Waals surface area contributed by atoms with E-state index in [-0.39, 0.29) is 11.8 Å². The summed E-state index contributed by atoms with van der Waals surface area (Å²) in [7, 11) is 0. The fourth-order valence-electron chi connectivity index (χ4n) is 3.73. The number of hydrogen-bond acceptors (Lipinski definition) is 6. The number of tetrazole rings is 1. The molecule has 1 aliphatic heterocycles. The van der Waals surface area contributed by atoms with Crippen LogP contribution in [0.2, 0.25) is 0 Å². The van der Waals surface area contributed by atoms with Gasteiger partial charge in [0.25, 0.3) is 5.91 Å². The zero-order valence-electron chi connectivity index (χ0n) is 15.7. The van der Waals surface area contributed by atoms with E-state index in [1.54, 1.807) is 11.0 Å². The zero-order chi connectivity index (χ0) is 19.8. The molecule has 9 heteroatoms. The number of rotatable bonds is 5. The number of amides is 2. The summed E-state index contributed by atoms with van der Waals surface area (Å²) in [6.45, 7) is 0.602. The SMILES string of the molecule is O=C(Nc1cccc(-c2nnnn2C2CC2)c1)C1CCCN1C(=O)c1cccs1. The van der Waals surface area contributed by atoms with E-state index in [1.807, 2.05) is 40.4 Å². The van der Waals surface area contributed by atoms with Crippen molar-refractivity contribution < 1.29 is 9.59 Å². The Hall–Kier alpha value is -3.07. The number of aromatic nitrogens is 4. The van der Waals surface area contributed by atoms with Gasteiger partial charge < -0.3 is 10.2 Å². The average Bonchev–Trinajstić information content (AvgIpc) is 3.19. The smallest absolute Gasteiger partial charge is 0.264 e. The number of benzene rings is 1. The molecular weight excluding hydrogens is 388 g/mol. The third-order valence-electron chi connectivity index (χ3n) is 5.32. The van der Waals surface area contributed by atoms with Gasteiger partial charge in [-0.1, -0.05) is 18.2 Å². The second kappa shape index (κ2) is 7.40. The minimum absolute atomic E-state index is 0.0741. The highest BCUT2D eigenvalue weighted by molar-refractivity contribution is 7.12. The summed E-state index contributed by atoms with van der Waals surface area (Å²) in [5, 5.41) is 16.9. The minimum Gasteiger partial charge on any atom is -0.326 e. The number of nitrogens with one attached hydrogen (secondary N) is 1. The fourth-order valence-corrected chi connectivity index (χ4v) is 4.41. The summed E-state index contributed by atoms with van der Waals surface area (Å²) >= 11 is 1.40. The van der Waals surface area contributed by atoms with E-state index in [9.17, 15) is 9.59 Å². The summed E-state index contributed by atoms with van der Waals surface area (Å²) in [5.74, 6) is 0.473. The lowest BCUT2D eigenvalue weighted by Gasteiger charge is -2.23. The summed E-state index contributed by atoms with van der Waals surface area (Å²) < 4.78 is 1.85. The Bertz CT molecular complexity index is 1040. The molecule has 8 nitrogen and oxygen atoms in total. The van der Waals surface area contributed by atoms with E-state index < -0.39 is 6.04 Å². The largest absolute Gasteiger partial charge is 0.326 e. The van der Waals surface area contributed by atoms with Crippen LogP contribution < -0.4 is 5.32 Å². The highest BCUT2D eigenvalue weighted by Gasteiger charge is 2.35. The first kappa shape index (κ1) is 18.0. The van der Waals surface area contributed by atoms with Crippen molar-refractivity contribution in [2.45, 2.75) is 37.8 Å². The molecule has 3 heterocycles. The van der Waals surface area contributed by atoms with Crippen LogP contribution in [0, 0.1) is 0 Å². The van der Waals surface area contributed by atoms with Crippen molar-refractivity contribution >= 4 is 28.8 Å². The van der Waals surface area contributed by atoms with Crippen molar-refractivity contribution in [3.8, 4) is 11.4 Å². The van der Waals surface area contributed by atoms with E-state index in [2.05, 4.69) is 20.8 Å². The van der Waals surface area contributed by atoms with Gasteiger partial charge in [0.15, 0.2) is 5.82 Å². The van der Waals surface area contributed by atoms with Gasteiger partial charge in [-0.3, -0.25) is 9.59 Å². The molecule has 0 bridgehead atoms. The van der Waals surface area contributed by atoms with Gasteiger partial charge in [0, 0.05) is 17.8 Å². The zero-order valence-corrected chi connectivity index (χ0v) is 16.5. The van der Waals surface area contributed by atoms with E-state index >= 15 is 0 Å². The molecule has 2 amide bonds. The molecule has 0 radical (unpaired) electrons. The van der Waals surface area contributed by atoms with Crippen molar-refractivity contribution in [2.75, 3.05) is 11.9 Å². The summed E-state index contributed by atoms with van der Waals surface area (Å²) in [6, 6.07) is 11.1. The lowest BCUT2D eigenvalue weighted by atomic mass is 10.1. The standard InChI is InChI=1S/C20H20N6O2S/c27-19(16-6-2-10-25(16)20(28)17-7-3-11-29-17)21-14-5-1-4-13(12-14)18-22-23-24-26(18)15-8-9-15/h1,3-5,7,11-12,15-16H,2,6,8-10H2,(H,21,27). The molecule has 29 heavy (non-hydrogen) atoms. The summed E-state index contributed by atoms with van der Waals surface area (Å²) in [5.41, 5.74) is 1.53. The minimum atomic E-state index is -0.454. The Labute approximate surface area is 171 Å². The van der Waals surface area contributed by atoms with Crippen LogP contribution in [-0.4, -0.2) is 49.5 Å². The van der Waals surface area contributed by atoms with E-state index in [0.717, 1.165) is 24.8 Å². The van der Waals surface area contributed by atoms with Crippen LogP contribution in [0.4, 0.5) is 5.69 Å². The Morgan fingerprint density at radius 2 is 2.03 bits per heavy atom. The maximum Gasteiger partial charge on any atom is 0.264 e. The number of carbonyl (C=O) groups excluding carboxylic acids is 2. The number of carbonyl (C=O) groups is 2. The maximum absolute atomic E-state index is 12.9. The first-order valence-corrected chi connectivity index (χ1v) is 10.6. The number of hydrogen-bond donors (Lipinski definition) is 1. The quantitative estimate of drug-likeness (QED) is 0.701. The Kier molecular flexibility index (Phi) is 4.59. The monoisotopic (exact) mass is 408 g/mol. The Morgan fingerprint density at radius 3 is 2.83 bits per heavy atom. The predicted molar refractivity (Wildman–Crippen MR) is 109 cm³/mol. The summed E-state index contributed by atoms with van der Waals surface area (Å²) in [4.78, 5) is 28.0. The number of anilines is 1. The van der Waals surface area contributed by atoms with Crippen molar-refractivity contribution in [1.29, 1.82) is 0 Å². The van der Waals surface area contributed by atoms with Gasteiger partial charge in [-0.15, -0.1) is 16.4 Å². The van der Waals surface area contributed by atoms with Crippen molar-refractivity contribution in [1.82, 2.24) is 25.1 Å². The van der Waals surface area contributed by atoms with Gasteiger partial charge >= 0.3 is 0 Å². The van der Waals surface area contributed by atoms with E-state index in [4.69, 9.17) is 0 Å². The molecule has 2 aromatic heterocycles. The molecule has 1 saturated carbocycles. The van der Waals surface area contributed by atoms with Gasteiger partial charge in [0.2, 0.25) is 5.91 Å². The topological polar surface area (TPSA) is 93.0 Å². The molecule has 0 spiro atoms. The highest BCUT2D eigenvalue weighted by atomic mass is 32.1. The van der Waals surface area contributed by atoms with Crippen LogP contribution in [0.3, 0.4) is 0 Å². The molecular formula is C20H20N6O2S. The second-order valence-corrected chi connectivity index (χ2v) is 8.33. The maximum atomic E-state index is 12.9. The number of likely N-dealkylation sites (tertiary alicyclic amines) is 1. The third kappa shape index (κ3) is 3.53. The number of nitrogens with zero attached hydrogens (tertiary/aromatic N) is 5. The first-order valence-electron chi connectivity index (χ1n) is 9.74. The van der Waals surface area contributed by atoms with Crippen LogP contribution >= 0.6 is 11.3 Å². The fraction of sp³-hybridized carbons (Fsp3) is 0.350. The Balaban J connectivity index is 1.33. The van der Waals surface area contributed by atoms with E-state index in [1.165, 1.54) is 11.3 Å². The molecule has 3 aromatic rings. The predicted octanol–water partition coefficient (Wildman–Crippen LogP) is 2.98. The lowest BCUT2D eigenvalue weighted by Crippen LogP contribution is -2.42. The van der Waals surface area contributed by atoms with Gasteiger partial charge in [0.05, 0.1) is 10.9 Å². The summed E-state index contributed by atoms with van der Waals surface area (Å²) in [6.07, 6.45) is 3.67. The van der Waals surface area contributed by atoms with Gasteiger partial charge in [0.1, 0.15) is 6.04 Å². The molecule has 2 fully saturated rings. The lowest BCUT2D eigenvalue weighted by molar-refractivity contribution is -0.119.